The van der Waals surface area contributed by atoms with E-state index in [2.05, 4.69) is 0 Å². The van der Waals surface area contributed by atoms with E-state index in [1.54, 1.807) is 18.4 Å². The fourth-order valence-electron chi connectivity index (χ4n) is 2.05. The van der Waals surface area contributed by atoms with Crippen LogP contribution >= 0.6 is 0 Å². The van der Waals surface area contributed by atoms with E-state index in [9.17, 15) is 9.59 Å². The van der Waals surface area contributed by atoms with Crippen molar-refractivity contribution in [2.75, 3.05) is 13.1 Å². The first-order chi connectivity index (χ1) is 8.33. The summed E-state index contributed by atoms with van der Waals surface area (Å²) in [6, 6.07) is 7.32. The van der Waals surface area contributed by atoms with Crippen molar-refractivity contribution in [1.82, 2.24) is 4.90 Å². The van der Waals surface area contributed by atoms with Crippen molar-refractivity contribution in [2.24, 2.45) is 0 Å². The number of benzene rings is 1. The molecule has 1 aromatic carbocycles. The molecular formula is C14H14NO2. The van der Waals surface area contributed by atoms with Crippen molar-refractivity contribution < 1.29 is 9.59 Å². The Morgan fingerprint density at radius 1 is 1.24 bits per heavy atom. The summed E-state index contributed by atoms with van der Waals surface area (Å²) in [4.78, 5) is 24.3. The molecule has 1 aliphatic heterocycles. The molecule has 0 N–H and O–H groups in total. The molecule has 1 radical (unpaired) electrons. The van der Waals surface area contributed by atoms with Crippen LogP contribution in [0.4, 0.5) is 0 Å². The Hall–Kier alpha value is -1.90. The maximum Gasteiger partial charge on any atom is 0.254 e. The zero-order chi connectivity index (χ0) is 12.1. The van der Waals surface area contributed by atoms with Crippen LogP contribution in [0.3, 0.4) is 0 Å². The maximum absolute atomic E-state index is 12.2. The molecule has 0 aromatic heterocycles. The van der Waals surface area contributed by atoms with Crippen molar-refractivity contribution in [1.29, 1.82) is 0 Å². The molecule has 0 spiro atoms. The van der Waals surface area contributed by atoms with Crippen LogP contribution in [-0.2, 0) is 4.79 Å². The van der Waals surface area contributed by atoms with E-state index in [0.29, 0.717) is 5.56 Å². The number of rotatable bonds is 3. The van der Waals surface area contributed by atoms with Gasteiger partial charge in [-0.25, -0.2) is 0 Å². The standard InChI is InChI=1S/C14H14NO2/c16-11-5-7-12-6-1-2-8-13(12)14(17)15-9-3-4-10-15/h1-2,5-8H,3-4,9-10H2/b7-5+. The van der Waals surface area contributed by atoms with Gasteiger partial charge in [0.1, 0.15) is 0 Å². The topological polar surface area (TPSA) is 37.4 Å². The fraction of sp³-hybridized carbons (Fsp3) is 0.286. The highest BCUT2D eigenvalue weighted by atomic mass is 16.2. The molecule has 0 bridgehead atoms. The second kappa shape index (κ2) is 5.43. The van der Waals surface area contributed by atoms with Gasteiger partial charge in [0.15, 0.2) is 0 Å². The SMILES string of the molecule is O=[C]/C=C/c1ccccc1C(=O)N1CCCC1. The second-order valence-corrected chi connectivity index (χ2v) is 4.04. The number of hydrogen-bond acceptors (Lipinski definition) is 2. The Morgan fingerprint density at radius 2 is 1.94 bits per heavy atom. The minimum absolute atomic E-state index is 0.0497. The predicted octanol–water partition coefficient (Wildman–Crippen LogP) is 2.05. The highest BCUT2D eigenvalue weighted by Crippen LogP contribution is 2.17. The molecule has 87 valence electrons. The Balaban J connectivity index is 2.27. The van der Waals surface area contributed by atoms with Gasteiger partial charge in [0.2, 0.25) is 6.29 Å². The summed E-state index contributed by atoms with van der Waals surface area (Å²) in [6.07, 6.45) is 6.76. The molecule has 1 saturated heterocycles. The normalized spacial score (nSPS) is 15.4. The minimum atomic E-state index is 0.0497. The van der Waals surface area contributed by atoms with Gasteiger partial charge in [-0.1, -0.05) is 24.3 Å². The van der Waals surface area contributed by atoms with Gasteiger partial charge in [-0.05, 0) is 30.5 Å². The van der Waals surface area contributed by atoms with Crippen molar-refractivity contribution in [3.05, 3.63) is 41.5 Å². The first-order valence-electron chi connectivity index (χ1n) is 5.75. The zero-order valence-electron chi connectivity index (χ0n) is 9.56. The number of likely N-dealkylation sites (tertiary alicyclic amines) is 1. The van der Waals surface area contributed by atoms with E-state index < -0.39 is 0 Å². The van der Waals surface area contributed by atoms with Gasteiger partial charge >= 0.3 is 0 Å². The van der Waals surface area contributed by atoms with Crippen molar-refractivity contribution in [3.8, 4) is 0 Å². The molecule has 1 aliphatic rings. The third-order valence-electron chi connectivity index (χ3n) is 2.92. The summed E-state index contributed by atoms with van der Waals surface area (Å²) in [5.41, 5.74) is 1.42. The van der Waals surface area contributed by atoms with E-state index in [0.717, 1.165) is 31.5 Å². The van der Waals surface area contributed by atoms with Crippen LogP contribution in [0.2, 0.25) is 0 Å². The van der Waals surface area contributed by atoms with E-state index in [1.807, 2.05) is 23.1 Å². The smallest absolute Gasteiger partial charge is 0.254 e. The van der Waals surface area contributed by atoms with Crippen molar-refractivity contribution >= 4 is 18.3 Å². The van der Waals surface area contributed by atoms with Crippen LogP contribution in [-0.4, -0.2) is 30.2 Å². The number of amides is 1. The van der Waals surface area contributed by atoms with Gasteiger partial charge in [-0.3, -0.25) is 9.59 Å². The van der Waals surface area contributed by atoms with Crippen LogP contribution in [0.25, 0.3) is 6.08 Å². The molecular weight excluding hydrogens is 214 g/mol. The quantitative estimate of drug-likeness (QED) is 0.742. The highest BCUT2D eigenvalue weighted by molar-refractivity contribution is 5.98. The molecule has 2 rings (SSSR count). The van der Waals surface area contributed by atoms with Crippen molar-refractivity contribution in [3.63, 3.8) is 0 Å². The summed E-state index contributed by atoms with van der Waals surface area (Å²) < 4.78 is 0. The fourth-order valence-corrected chi connectivity index (χ4v) is 2.05. The third kappa shape index (κ3) is 2.61. The average Bonchev–Trinajstić information content (AvgIpc) is 2.89. The predicted molar refractivity (Wildman–Crippen MR) is 66.3 cm³/mol. The Bertz CT molecular complexity index is 445. The first kappa shape index (κ1) is 11.6. The summed E-state index contributed by atoms with van der Waals surface area (Å²) >= 11 is 0. The molecule has 1 fully saturated rings. The van der Waals surface area contributed by atoms with Gasteiger partial charge in [0.05, 0.1) is 0 Å². The summed E-state index contributed by atoms with van der Waals surface area (Å²) in [6.45, 7) is 1.66. The molecule has 0 saturated carbocycles. The number of allylic oxidation sites excluding steroid dienone is 1. The highest BCUT2D eigenvalue weighted by Gasteiger charge is 2.20. The molecule has 3 heteroatoms. The summed E-state index contributed by atoms with van der Waals surface area (Å²) in [5.74, 6) is 0.0497. The summed E-state index contributed by atoms with van der Waals surface area (Å²) in [7, 11) is 0. The van der Waals surface area contributed by atoms with Crippen LogP contribution in [0, 0.1) is 0 Å². The number of hydrogen-bond donors (Lipinski definition) is 0. The number of carbonyl (C=O) groups excluding carboxylic acids is 2. The molecule has 17 heavy (non-hydrogen) atoms. The second-order valence-electron chi connectivity index (χ2n) is 4.04. The first-order valence-corrected chi connectivity index (χ1v) is 5.75. The lowest BCUT2D eigenvalue weighted by Gasteiger charge is -2.16. The van der Waals surface area contributed by atoms with Crippen LogP contribution in [0.1, 0.15) is 28.8 Å². The third-order valence-corrected chi connectivity index (χ3v) is 2.92. The monoisotopic (exact) mass is 228 g/mol. The van der Waals surface area contributed by atoms with Crippen LogP contribution in [0.5, 0.6) is 0 Å². The van der Waals surface area contributed by atoms with Gasteiger partial charge in [0.25, 0.3) is 5.91 Å². The van der Waals surface area contributed by atoms with Gasteiger partial charge < -0.3 is 4.90 Å². The lowest BCUT2D eigenvalue weighted by atomic mass is 10.1. The molecule has 0 atom stereocenters. The molecule has 1 amide bonds. The largest absolute Gasteiger partial charge is 0.339 e. The Kier molecular flexibility index (Phi) is 3.70. The van der Waals surface area contributed by atoms with E-state index in [4.69, 9.17) is 0 Å². The Morgan fingerprint density at radius 3 is 2.65 bits per heavy atom. The molecule has 1 heterocycles. The zero-order valence-corrected chi connectivity index (χ0v) is 9.56. The number of carbonyl (C=O) groups is 1. The van der Waals surface area contributed by atoms with Crippen molar-refractivity contribution in [2.45, 2.75) is 12.8 Å². The van der Waals surface area contributed by atoms with E-state index in [-0.39, 0.29) is 5.91 Å². The molecule has 0 unspecified atom stereocenters. The van der Waals surface area contributed by atoms with Crippen LogP contribution < -0.4 is 0 Å². The maximum atomic E-state index is 12.2. The molecule has 0 aliphatic carbocycles. The number of nitrogens with zero attached hydrogens (tertiary/aromatic N) is 1. The lowest BCUT2D eigenvalue weighted by Crippen LogP contribution is -2.28. The van der Waals surface area contributed by atoms with E-state index >= 15 is 0 Å². The van der Waals surface area contributed by atoms with E-state index in [1.165, 1.54) is 6.08 Å². The van der Waals surface area contributed by atoms with Gasteiger partial charge in [-0.2, -0.15) is 0 Å². The minimum Gasteiger partial charge on any atom is -0.339 e. The van der Waals surface area contributed by atoms with Crippen LogP contribution in [0.15, 0.2) is 30.3 Å². The lowest BCUT2D eigenvalue weighted by molar-refractivity contribution is 0.0792. The molecule has 1 aromatic rings. The average molecular weight is 228 g/mol. The Labute approximate surface area is 101 Å². The summed E-state index contributed by atoms with van der Waals surface area (Å²) in [5, 5.41) is 0. The van der Waals surface area contributed by atoms with Gasteiger partial charge in [-0.15, -0.1) is 0 Å². The van der Waals surface area contributed by atoms with Gasteiger partial charge in [0, 0.05) is 18.7 Å². The molecule has 3 nitrogen and oxygen atoms in total.